The molecule has 0 bridgehead atoms. The number of carbonyl (C=O) groups is 12. The molecule has 102 heavy (non-hydrogen) atoms. The van der Waals surface area contributed by atoms with Crippen molar-refractivity contribution in [3.05, 3.63) is 143 Å². The quantitative estimate of drug-likeness (QED) is 0.0134. The summed E-state index contributed by atoms with van der Waals surface area (Å²) in [5.41, 5.74) is 22.7. The van der Waals surface area contributed by atoms with Gasteiger partial charge in [0.1, 0.15) is 66.2 Å². The van der Waals surface area contributed by atoms with Gasteiger partial charge < -0.3 is 91.2 Å². The first-order valence-electron chi connectivity index (χ1n) is 33.3. The summed E-state index contributed by atoms with van der Waals surface area (Å²) in [6, 6.07) is 13.3. The number of fused-ring (bicyclic) bond motifs is 1. The highest BCUT2D eigenvalue weighted by Gasteiger charge is 2.42. The van der Waals surface area contributed by atoms with Gasteiger partial charge in [-0.2, -0.15) is 0 Å². The van der Waals surface area contributed by atoms with Crippen LogP contribution in [-0.2, 0) is 78.4 Å². The second-order valence-electron chi connectivity index (χ2n) is 26.0. The fourth-order valence-corrected chi connectivity index (χ4v) is 11.4. The predicted octanol–water partition coefficient (Wildman–Crippen LogP) is -0.716. The molecule has 10 atom stereocenters. The molecule has 2 heterocycles. The van der Waals surface area contributed by atoms with E-state index in [4.69, 9.17) is 34.5 Å². The number of urea groups is 1. The molecule has 1 aliphatic rings. The van der Waals surface area contributed by atoms with Gasteiger partial charge in [0.05, 0.1) is 6.61 Å². The van der Waals surface area contributed by atoms with E-state index in [1.165, 1.54) is 55.4 Å². The number of carbonyl (C=O) groups excluding carboxylic acids is 12. The summed E-state index contributed by atoms with van der Waals surface area (Å²) in [6.45, 7) is 6.46. The van der Waals surface area contributed by atoms with Gasteiger partial charge in [-0.05, 0) is 114 Å². The van der Waals surface area contributed by atoms with Gasteiger partial charge in [0.2, 0.25) is 65.0 Å². The van der Waals surface area contributed by atoms with Gasteiger partial charge in [0.15, 0.2) is 5.96 Å². The number of pyridine rings is 1. The van der Waals surface area contributed by atoms with Crippen LogP contribution in [-0.4, -0.2) is 184 Å². The van der Waals surface area contributed by atoms with Crippen molar-refractivity contribution in [1.82, 2.24) is 63.1 Å². The van der Waals surface area contributed by atoms with Crippen LogP contribution in [0.5, 0.6) is 5.75 Å². The zero-order valence-electron chi connectivity index (χ0n) is 57.5. The van der Waals surface area contributed by atoms with Crippen molar-refractivity contribution >= 4 is 99.3 Å². The molecule has 1 aromatic heterocycles. The van der Waals surface area contributed by atoms with Crippen molar-refractivity contribution in [2.75, 3.05) is 26.2 Å². The van der Waals surface area contributed by atoms with Crippen LogP contribution in [0.2, 0.25) is 5.02 Å². The summed E-state index contributed by atoms with van der Waals surface area (Å²) in [7, 11) is 0. The van der Waals surface area contributed by atoms with Crippen molar-refractivity contribution in [3.63, 3.8) is 0 Å². The number of benzene rings is 4. The molecule has 32 heteroatoms. The van der Waals surface area contributed by atoms with E-state index in [1.807, 2.05) is 42.5 Å². The Hall–Kier alpha value is -10.9. The van der Waals surface area contributed by atoms with E-state index in [-0.39, 0.29) is 89.1 Å². The van der Waals surface area contributed by atoms with Crippen LogP contribution in [0.3, 0.4) is 0 Å². The topological polar surface area (TPSA) is 498 Å². The lowest BCUT2D eigenvalue weighted by Gasteiger charge is -2.34. The van der Waals surface area contributed by atoms with E-state index >= 15 is 0 Å². The zero-order chi connectivity index (χ0) is 74.8. The molecule has 0 saturated carbocycles. The Morgan fingerprint density at radius 2 is 1.10 bits per heavy atom. The largest absolute Gasteiger partial charge is 0.508 e. The molecular formula is C70H92ClN17O14. The summed E-state index contributed by atoms with van der Waals surface area (Å²) in [6.07, 6.45) is 2.66. The standard InChI is InChI=1S/C70H92ClN17O14/c1-39(58(72)92)79-65(99)56-17-11-31-88(56)67(101)50(16-10-29-77-68(73)74)82-66(100)57(70(3,4)5)87-59(93)49(15-9-30-78-69(75)102)81-61(95)52(34-42-21-26-48(91)27-22-42)85-64(98)55(38-89)86-63(97)54(36-44-12-8-28-76-37-44)84-62(96)53(33-41-19-24-47(71)25-20-41)83-60(94)51(80-40(2)90)35-43-18-23-45-13-6-7-14-46(45)32-43/h6-8,12-14,18-28,32,37,39,49-57,89,91H,9-11,15-17,29-31,33-36,38H2,1-5H3,(H2,72,92)(H,79,99)(H,80,90)(H,81,95)(H,82,100)(H,83,94)(H,84,96)(H,85,98)(H,86,97)(H,87,93)(H4,73,74,77)(H3,75,78,102)/t39-,49-,50+,51-,52+,53-,54-,55+,56+,57-/m1/s1. The maximum absolute atomic E-state index is 14.9. The Morgan fingerprint density at radius 3 is 1.65 bits per heavy atom. The van der Waals surface area contributed by atoms with Crippen LogP contribution in [0.15, 0.2) is 121 Å². The van der Waals surface area contributed by atoms with Crippen molar-refractivity contribution in [2.45, 2.75) is 159 Å². The Labute approximate surface area is 595 Å². The van der Waals surface area contributed by atoms with Gasteiger partial charge in [-0.25, -0.2) is 4.79 Å². The third-order valence-electron chi connectivity index (χ3n) is 16.8. The number of likely N-dealkylation sites (tertiary alicyclic amines) is 1. The van der Waals surface area contributed by atoms with E-state index < -0.39 is 143 Å². The maximum atomic E-state index is 14.9. The molecule has 1 fully saturated rings. The molecule has 0 aliphatic carbocycles. The van der Waals surface area contributed by atoms with Crippen LogP contribution < -0.4 is 76.1 Å². The van der Waals surface area contributed by atoms with Gasteiger partial charge >= 0.3 is 6.03 Å². The van der Waals surface area contributed by atoms with Crippen LogP contribution >= 0.6 is 11.6 Å². The highest BCUT2D eigenvalue weighted by Crippen LogP contribution is 2.24. The molecule has 4 aromatic carbocycles. The Balaban J connectivity index is 1.26. The van der Waals surface area contributed by atoms with Gasteiger partial charge in [0, 0.05) is 69.7 Å². The van der Waals surface area contributed by atoms with E-state index in [0.29, 0.717) is 33.7 Å². The molecule has 20 N–H and O–H groups in total. The number of aliphatic imine (C=N–C) groups is 1. The minimum atomic E-state index is -1.86. The van der Waals surface area contributed by atoms with Gasteiger partial charge in [-0.1, -0.05) is 105 Å². The number of phenols is 1. The number of primary amides is 2. The number of amides is 13. The number of phenolic OH excluding ortho intramolecular Hbond substituents is 1. The number of nitrogens with one attached hydrogen (secondary N) is 10. The summed E-state index contributed by atoms with van der Waals surface area (Å²) in [5, 5.41) is 49.5. The first-order valence-corrected chi connectivity index (χ1v) is 33.7. The predicted molar refractivity (Wildman–Crippen MR) is 378 cm³/mol. The fourth-order valence-electron chi connectivity index (χ4n) is 11.3. The monoisotopic (exact) mass is 1430 g/mol. The summed E-state index contributed by atoms with van der Waals surface area (Å²) in [5.74, 6) is -9.62. The normalized spacial score (nSPS) is 15.3. The molecule has 1 aliphatic heterocycles. The molecule has 0 radical (unpaired) electrons. The van der Waals surface area contributed by atoms with Crippen LogP contribution in [0.25, 0.3) is 10.8 Å². The Bertz CT molecular complexity index is 3800. The molecule has 1 saturated heterocycles. The average Bonchev–Trinajstić information content (AvgIpc) is 1.41. The number of halogens is 1. The third-order valence-corrected chi connectivity index (χ3v) is 17.0. The number of nitrogens with zero attached hydrogens (tertiary/aromatic N) is 3. The van der Waals surface area contributed by atoms with E-state index in [0.717, 1.165) is 10.8 Å². The lowest BCUT2D eigenvalue weighted by atomic mass is 9.85. The summed E-state index contributed by atoms with van der Waals surface area (Å²) < 4.78 is 0. The molecule has 6 rings (SSSR count). The number of guanidine groups is 1. The average molecular weight is 1430 g/mol. The van der Waals surface area contributed by atoms with E-state index in [9.17, 15) is 67.7 Å². The second kappa shape index (κ2) is 38.6. The molecular weight excluding hydrogens is 1340 g/mol. The van der Waals surface area contributed by atoms with Crippen molar-refractivity contribution < 1.29 is 67.7 Å². The number of rotatable bonds is 36. The highest BCUT2D eigenvalue weighted by molar-refractivity contribution is 6.30. The fraction of sp³-hybridized carbons (Fsp3) is 0.429. The Kier molecular flexibility index (Phi) is 30.3. The summed E-state index contributed by atoms with van der Waals surface area (Å²) in [4.78, 5) is 176. The molecule has 13 amide bonds. The zero-order valence-corrected chi connectivity index (χ0v) is 58.2. The number of aromatic hydroxyl groups is 1. The van der Waals surface area contributed by atoms with Crippen LogP contribution in [0.1, 0.15) is 95.4 Å². The SMILES string of the molecule is CC(=O)N[C@H](Cc1ccc2ccccc2c1)C(=O)N[C@H](Cc1ccc(Cl)cc1)C(=O)N[C@H](Cc1cccnc1)C(=O)N[C@@H](CO)C(=O)N[C@@H](Cc1ccc(O)cc1)C(=O)N[C@H](CCCNC(N)=O)C(=O)N[C@H](C(=O)N[C@@H](CCCN=C(N)N)C(=O)N1CCC[C@H]1C(=O)N[C@H](C)C(N)=O)C(C)(C)C. The third kappa shape index (κ3) is 25.3. The first kappa shape index (κ1) is 80.0. The van der Waals surface area contributed by atoms with Crippen LogP contribution in [0, 0.1) is 5.41 Å². The van der Waals surface area contributed by atoms with Gasteiger partial charge in [-0.3, -0.25) is 62.7 Å². The van der Waals surface area contributed by atoms with Crippen molar-refractivity contribution in [3.8, 4) is 5.75 Å². The first-order chi connectivity index (χ1) is 48.4. The smallest absolute Gasteiger partial charge is 0.312 e. The number of aromatic nitrogens is 1. The number of aliphatic hydroxyl groups excluding tert-OH is 1. The van der Waals surface area contributed by atoms with E-state index in [1.54, 1.807) is 57.2 Å². The van der Waals surface area contributed by atoms with Gasteiger partial charge in [-0.15, -0.1) is 0 Å². The van der Waals surface area contributed by atoms with Crippen molar-refractivity contribution in [1.29, 1.82) is 0 Å². The van der Waals surface area contributed by atoms with Crippen molar-refractivity contribution in [2.24, 2.45) is 33.3 Å². The maximum Gasteiger partial charge on any atom is 0.312 e. The number of hydrogen-bond donors (Lipinski definition) is 16. The number of aliphatic hydroxyl groups is 1. The molecule has 0 unspecified atom stereocenters. The molecule has 31 nitrogen and oxygen atoms in total. The summed E-state index contributed by atoms with van der Waals surface area (Å²) >= 11 is 6.23. The molecule has 0 spiro atoms. The number of hydrogen-bond acceptors (Lipinski definition) is 16. The van der Waals surface area contributed by atoms with Gasteiger partial charge in [0.25, 0.3) is 0 Å². The lowest BCUT2D eigenvalue weighted by molar-refractivity contribution is -0.143. The second-order valence-corrected chi connectivity index (χ2v) is 26.4. The minimum absolute atomic E-state index is 0.00880. The molecule has 548 valence electrons. The van der Waals surface area contributed by atoms with E-state index in [2.05, 4.69) is 63.1 Å². The molecule has 5 aromatic rings. The van der Waals surface area contributed by atoms with Crippen LogP contribution in [0.4, 0.5) is 4.79 Å². The Morgan fingerprint density at radius 1 is 0.588 bits per heavy atom. The number of nitrogens with two attached hydrogens (primary N) is 4. The minimum Gasteiger partial charge on any atom is -0.508 e. The highest BCUT2D eigenvalue weighted by atomic mass is 35.5. The lowest BCUT2D eigenvalue weighted by Crippen LogP contribution is -2.62.